The van der Waals surface area contributed by atoms with E-state index in [1.807, 2.05) is 25.1 Å². The topological polar surface area (TPSA) is 55.1 Å². The van der Waals surface area contributed by atoms with Crippen molar-refractivity contribution in [3.8, 4) is 0 Å². The van der Waals surface area contributed by atoms with Gasteiger partial charge in [-0.25, -0.2) is 4.98 Å². The molecule has 0 radical (unpaired) electrons. The number of nitrogens with zero attached hydrogens (tertiary/aromatic N) is 1. The van der Waals surface area contributed by atoms with Crippen molar-refractivity contribution in [2.24, 2.45) is 0 Å². The zero-order valence-corrected chi connectivity index (χ0v) is 10.8. The Kier molecular flexibility index (Phi) is 4.10. The molecule has 0 aliphatic carbocycles. The number of hydrogen-bond acceptors (Lipinski definition) is 4. The second-order valence-corrected chi connectivity index (χ2v) is 4.52. The Bertz CT molecular complexity index is 546. The fourth-order valence-corrected chi connectivity index (χ4v) is 1.89. The Morgan fingerprint density at radius 1 is 1.44 bits per heavy atom. The summed E-state index contributed by atoms with van der Waals surface area (Å²) in [5.41, 5.74) is 2.90. The third-order valence-electron chi connectivity index (χ3n) is 2.77. The summed E-state index contributed by atoms with van der Waals surface area (Å²) >= 11 is 0. The molecular formula is C14H18N2O2. The lowest BCUT2D eigenvalue weighted by molar-refractivity contribution is -0.117. The molecule has 96 valence electrons. The molecule has 4 heteroatoms. The molecule has 0 aliphatic heterocycles. The molecule has 0 bridgehead atoms. The average molecular weight is 246 g/mol. The van der Waals surface area contributed by atoms with Crippen LogP contribution in [0.2, 0.25) is 0 Å². The second-order valence-electron chi connectivity index (χ2n) is 4.52. The largest absolute Gasteiger partial charge is 0.441 e. The van der Waals surface area contributed by atoms with Crippen LogP contribution in [0.1, 0.15) is 31.2 Å². The molecule has 0 spiro atoms. The molecule has 18 heavy (non-hydrogen) atoms. The summed E-state index contributed by atoms with van der Waals surface area (Å²) < 4.78 is 5.42. The number of fused-ring (bicyclic) bond motifs is 1. The van der Waals surface area contributed by atoms with E-state index in [1.54, 1.807) is 6.92 Å². The normalized spacial score (nSPS) is 11.0. The molecule has 1 aromatic heterocycles. The van der Waals surface area contributed by atoms with E-state index in [0.717, 1.165) is 30.6 Å². The first-order valence-electron chi connectivity index (χ1n) is 6.21. The van der Waals surface area contributed by atoms with E-state index in [9.17, 15) is 4.79 Å². The fraction of sp³-hybridized carbons (Fsp3) is 0.429. The highest BCUT2D eigenvalue weighted by Gasteiger charge is 2.02. The van der Waals surface area contributed by atoms with Crippen LogP contribution < -0.4 is 5.32 Å². The van der Waals surface area contributed by atoms with Gasteiger partial charge >= 0.3 is 0 Å². The van der Waals surface area contributed by atoms with Crippen LogP contribution >= 0.6 is 0 Å². The van der Waals surface area contributed by atoms with Crippen LogP contribution in [-0.2, 0) is 11.3 Å². The van der Waals surface area contributed by atoms with Crippen LogP contribution in [0.15, 0.2) is 22.6 Å². The summed E-state index contributed by atoms with van der Waals surface area (Å²) in [4.78, 5) is 15.1. The highest BCUT2D eigenvalue weighted by Crippen LogP contribution is 2.16. The van der Waals surface area contributed by atoms with Gasteiger partial charge in [-0.3, -0.25) is 0 Å². The number of nitrogens with one attached hydrogen (secondary N) is 1. The number of rotatable bonds is 6. The predicted molar refractivity (Wildman–Crippen MR) is 70.4 cm³/mol. The van der Waals surface area contributed by atoms with Gasteiger partial charge in [-0.15, -0.1) is 0 Å². The number of carbonyl (C=O) groups is 1. The van der Waals surface area contributed by atoms with Crippen LogP contribution in [0.5, 0.6) is 0 Å². The van der Waals surface area contributed by atoms with Crippen molar-refractivity contribution < 1.29 is 9.21 Å². The molecule has 2 rings (SSSR count). The van der Waals surface area contributed by atoms with Gasteiger partial charge in [0.1, 0.15) is 11.3 Å². The van der Waals surface area contributed by atoms with Gasteiger partial charge < -0.3 is 14.5 Å². The zero-order chi connectivity index (χ0) is 13.0. The van der Waals surface area contributed by atoms with Crippen molar-refractivity contribution >= 4 is 16.9 Å². The van der Waals surface area contributed by atoms with Gasteiger partial charge in [0.15, 0.2) is 11.5 Å². The first-order chi connectivity index (χ1) is 8.65. The van der Waals surface area contributed by atoms with Crippen LogP contribution in [0, 0.1) is 6.92 Å². The summed E-state index contributed by atoms with van der Waals surface area (Å²) in [6, 6.07) is 6.01. The van der Waals surface area contributed by atoms with E-state index < -0.39 is 0 Å². The number of hydrogen-bond donors (Lipinski definition) is 1. The van der Waals surface area contributed by atoms with Crippen LogP contribution in [0.25, 0.3) is 11.1 Å². The van der Waals surface area contributed by atoms with Crippen LogP contribution in [0.4, 0.5) is 0 Å². The summed E-state index contributed by atoms with van der Waals surface area (Å²) in [5.74, 6) is 0.938. The highest BCUT2D eigenvalue weighted by atomic mass is 16.3. The molecule has 2 aromatic rings. The maximum Gasteiger partial charge on any atom is 0.192 e. The van der Waals surface area contributed by atoms with E-state index in [-0.39, 0.29) is 5.78 Å². The Hall–Kier alpha value is -1.68. The second kappa shape index (κ2) is 5.78. The molecule has 0 amide bonds. The maximum atomic E-state index is 10.8. The van der Waals surface area contributed by atoms with Gasteiger partial charge in [-0.05, 0) is 37.6 Å². The minimum Gasteiger partial charge on any atom is -0.441 e. The lowest BCUT2D eigenvalue weighted by Gasteiger charge is -2.03. The third-order valence-corrected chi connectivity index (χ3v) is 2.77. The van der Waals surface area contributed by atoms with Gasteiger partial charge in [0, 0.05) is 19.9 Å². The molecule has 0 atom stereocenters. The molecule has 1 heterocycles. The van der Waals surface area contributed by atoms with E-state index in [4.69, 9.17) is 4.42 Å². The van der Waals surface area contributed by atoms with Crippen LogP contribution in [-0.4, -0.2) is 17.3 Å². The molecule has 0 unspecified atom stereocenters. The summed E-state index contributed by atoms with van der Waals surface area (Å²) in [6.45, 7) is 5.12. The van der Waals surface area contributed by atoms with Gasteiger partial charge in [0.25, 0.3) is 0 Å². The number of aryl methyl sites for hydroxylation is 1. The fourth-order valence-electron chi connectivity index (χ4n) is 1.89. The molecule has 0 fully saturated rings. The Labute approximate surface area is 106 Å². The van der Waals surface area contributed by atoms with Gasteiger partial charge in [-0.2, -0.15) is 0 Å². The molecule has 0 aliphatic rings. The molecule has 1 aromatic carbocycles. The van der Waals surface area contributed by atoms with Crippen molar-refractivity contribution in [3.05, 3.63) is 29.7 Å². The van der Waals surface area contributed by atoms with Crippen molar-refractivity contribution in [3.63, 3.8) is 0 Å². The van der Waals surface area contributed by atoms with E-state index >= 15 is 0 Å². The standard InChI is InChI=1S/C14H18N2O2/c1-10(17)4-3-7-15-9-12-5-6-14-13(8-12)16-11(2)18-14/h5-6,8,15H,3-4,7,9H2,1-2H3. The number of oxazole rings is 1. The SMILES string of the molecule is CC(=O)CCCNCc1ccc2oc(C)nc2c1. The first kappa shape index (κ1) is 12.8. The van der Waals surface area contributed by atoms with Gasteiger partial charge in [0.2, 0.25) is 0 Å². The molecule has 4 nitrogen and oxygen atoms in total. The minimum atomic E-state index is 0.247. The van der Waals surface area contributed by atoms with Crippen molar-refractivity contribution in [2.75, 3.05) is 6.54 Å². The van der Waals surface area contributed by atoms with E-state index in [1.165, 1.54) is 5.56 Å². The number of Topliss-reactive ketones (excluding diaryl/α,β-unsaturated/α-hetero) is 1. The third kappa shape index (κ3) is 3.40. The molecule has 0 saturated carbocycles. The lowest BCUT2D eigenvalue weighted by Crippen LogP contribution is -2.15. The molecule has 0 saturated heterocycles. The average Bonchev–Trinajstić information content (AvgIpc) is 2.67. The Morgan fingerprint density at radius 2 is 2.28 bits per heavy atom. The highest BCUT2D eigenvalue weighted by molar-refractivity contribution is 5.75. The van der Waals surface area contributed by atoms with Crippen molar-refractivity contribution in [1.29, 1.82) is 0 Å². The number of carbonyl (C=O) groups excluding carboxylic acids is 1. The smallest absolute Gasteiger partial charge is 0.192 e. The number of aromatic nitrogens is 1. The first-order valence-corrected chi connectivity index (χ1v) is 6.21. The lowest BCUT2D eigenvalue weighted by atomic mass is 10.2. The molecule has 1 N–H and O–H groups in total. The quantitative estimate of drug-likeness (QED) is 0.796. The van der Waals surface area contributed by atoms with Crippen LogP contribution in [0.3, 0.4) is 0 Å². The Morgan fingerprint density at radius 3 is 3.06 bits per heavy atom. The van der Waals surface area contributed by atoms with Gasteiger partial charge in [-0.1, -0.05) is 6.07 Å². The minimum absolute atomic E-state index is 0.247. The van der Waals surface area contributed by atoms with Crippen molar-refractivity contribution in [1.82, 2.24) is 10.3 Å². The van der Waals surface area contributed by atoms with Crippen molar-refractivity contribution in [2.45, 2.75) is 33.2 Å². The summed E-state index contributed by atoms with van der Waals surface area (Å²) in [7, 11) is 0. The zero-order valence-electron chi connectivity index (χ0n) is 10.8. The summed E-state index contributed by atoms with van der Waals surface area (Å²) in [5, 5.41) is 3.32. The predicted octanol–water partition coefficient (Wildman–Crippen LogP) is 2.60. The maximum absolute atomic E-state index is 10.8. The summed E-state index contributed by atoms with van der Waals surface area (Å²) in [6.07, 6.45) is 1.54. The monoisotopic (exact) mass is 246 g/mol. The van der Waals surface area contributed by atoms with Gasteiger partial charge in [0.05, 0.1) is 0 Å². The molecular weight excluding hydrogens is 228 g/mol. The van der Waals surface area contributed by atoms with E-state index in [0.29, 0.717) is 12.3 Å². The Balaban J connectivity index is 1.86. The number of benzene rings is 1. The van der Waals surface area contributed by atoms with E-state index in [2.05, 4.69) is 10.3 Å². The number of ketones is 1.